The van der Waals surface area contributed by atoms with Crippen LogP contribution in [0.15, 0.2) is 14.7 Å². The summed E-state index contributed by atoms with van der Waals surface area (Å²) < 4.78 is 27.1. The van der Waals surface area contributed by atoms with Gasteiger partial charge in [-0.2, -0.15) is 0 Å². The molecule has 0 fully saturated rings. The molecule has 0 aliphatic heterocycles. The molecule has 0 aromatic carbocycles. The summed E-state index contributed by atoms with van der Waals surface area (Å²) in [6.07, 6.45) is -0.0607. The summed E-state index contributed by atoms with van der Waals surface area (Å²) in [7, 11) is -3.56. The van der Waals surface area contributed by atoms with Crippen molar-refractivity contribution < 1.29 is 18.3 Å². The number of nitrogens with one attached hydrogen (secondary N) is 1. The SMILES string of the molecule is Cc1sc(Br)cc1S(=O)(=O)NCC(C)CC(=O)O. The minimum atomic E-state index is -3.56. The van der Waals surface area contributed by atoms with E-state index in [9.17, 15) is 13.2 Å². The van der Waals surface area contributed by atoms with Gasteiger partial charge in [-0.15, -0.1) is 11.3 Å². The molecule has 0 bridgehead atoms. The highest BCUT2D eigenvalue weighted by Crippen LogP contribution is 2.29. The van der Waals surface area contributed by atoms with Gasteiger partial charge in [-0.05, 0) is 34.8 Å². The summed E-state index contributed by atoms with van der Waals surface area (Å²) in [5.41, 5.74) is 0. The predicted octanol–water partition coefficient (Wildman–Crippen LogP) is 2.21. The van der Waals surface area contributed by atoms with Gasteiger partial charge in [-0.1, -0.05) is 6.92 Å². The summed E-state index contributed by atoms with van der Waals surface area (Å²) in [5.74, 6) is -1.18. The maximum absolute atomic E-state index is 12.0. The summed E-state index contributed by atoms with van der Waals surface area (Å²) >= 11 is 4.58. The first-order valence-electron chi connectivity index (χ1n) is 5.19. The van der Waals surface area contributed by atoms with Gasteiger partial charge >= 0.3 is 5.97 Å². The van der Waals surface area contributed by atoms with Crippen molar-refractivity contribution in [1.82, 2.24) is 4.72 Å². The number of carbonyl (C=O) groups is 1. The molecule has 1 atom stereocenters. The van der Waals surface area contributed by atoms with Crippen molar-refractivity contribution in [1.29, 1.82) is 0 Å². The quantitative estimate of drug-likeness (QED) is 0.819. The Morgan fingerprint density at radius 2 is 2.22 bits per heavy atom. The largest absolute Gasteiger partial charge is 0.481 e. The van der Waals surface area contributed by atoms with E-state index in [4.69, 9.17) is 5.11 Å². The normalized spacial score (nSPS) is 13.5. The lowest BCUT2D eigenvalue weighted by Gasteiger charge is -2.10. The second-order valence-electron chi connectivity index (χ2n) is 4.03. The Bertz CT molecular complexity index is 538. The van der Waals surface area contributed by atoms with Gasteiger partial charge in [0.05, 0.1) is 8.68 Å². The summed E-state index contributed by atoms with van der Waals surface area (Å²) in [6.45, 7) is 3.53. The molecule has 0 amide bonds. The van der Waals surface area contributed by atoms with E-state index in [1.807, 2.05) is 0 Å². The number of halogens is 1. The smallest absolute Gasteiger partial charge is 0.303 e. The molecule has 0 aliphatic carbocycles. The molecular formula is C10H14BrNO4S2. The van der Waals surface area contributed by atoms with Crippen LogP contribution in [-0.4, -0.2) is 26.0 Å². The zero-order chi connectivity index (χ0) is 13.9. The highest BCUT2D eigenvalue weighted by molar-refractivity contribution is 9.11. The first-order chi connectivity index (χ1) is 8.22. The number of hydrogen-bond donors (Lipinski definition) is 2. The molecule has 0 saturated carbocycles. The average molecular weight is 356 g/mol. The Balaban J connectivity index is 2.72. The van der Waals surface area contributed by atoms with Gasteiger partial charge in [0.2, 0.25) is 10.0 Å². The van der Waals surface area contributed by atoms with Crippen molar-refractivity contribution in [2.45, 2.75) is 25.2 Å². The topological polar surface area (TPSA) is 83.5 Å². The van der Waals surface area contributed by atoms with Gasteiger partial charge in [-0.25, -0.2) is 13.1 Å². The Hall–Kier alpha value is -0.440. The lowest BCUT2D eigenvalue weighted by atomic mass is 10.1. The maximum atomic E-state index is 12.0. The number of carboxylic acid groups (broad SMARTS) is 1. The minimum Gasteiger partial charge on any atom is -0.481 e. The summed E-state index contributed by atoms with van der Waals surface area (Å²) in [4.78, 5) is 11.4. The van der Waals surface area contributed by atoms with Crippen molar-refractivity contribution >= 4 is 43.3 Å². The van der Waals surface area contributed by atoms with Gasteiger partial charge in [0, 0.05) is 17.8 Å². The average Bonchev–Trinajstić information content (AvgIpc) is 2.55. The van der Waals surface area contributed by atoms with Crippen molar-refractivity contribution in [3.63, 3.8) is 0 Å². The van der Waals surface area contributed by atoms with E-state index in [1.165, 1.54) is 11.3 Å². The van der Waals surface area contributed by atoms with E-state index in [0.717, 1.165) is 3.79 Å². The predicted molar refractivity (Wildman–Crippen MR) is 73.4 cm³/mol. The molecule has 1 unspecified atom stereocenters. The van der Waals surface area contributed by atoms with Gasteiger partial charge in [-0.3, -0.25) is 4.79 Å². The number of sulfonamides is 1. The third-order valence-corrected chi connectivity index (χ3v) is 5.51. The first kappa shape index (κ1) is 15.6. The van der Waals surface area contributed by atoms with Crippen LogP contribution < -0.4 is 4.72 Å². The molecule has 1 heterocycles. The Kier molecular flexibility index (Phi) is 5.32. The minimum absolute atomic E-state index is 0.0607. The lowest BCUT2D eigenvalue weighted by Crippen LogP contribution is -2.29. The number of aryl methyl sites for hydroxylation is 1. The van der Waals surface area contributed by atoms with Crippen LogP contribution >= 0.6 is 27.3 Å². The van der Waals surface area contributed by atoms with Gasteiger partial charge in [0.1, 0.15) is 0 Å². The van der Waals surface area contributed by atoms with Crippen LogP contribution in [0.1, 0.15) is 18.2 Å². The van der Waals surface area contributed by atoms with E-state index in [2.05, 4.69) is 20.7 Å². The first-order valence-corrected chi connectivity index (χ1v) is 8.29. The molecule has 102 valence electrons. The fraction of sp³-hybridized carbons (Fsp3) is 0.500. The van der Waals surface area contributed by atoms with Crippen molar-refractivity contribution in [3.05, 3.63) is 14.7 Å². The molecular weight excluding hydrogens is 342 g/mol. The second kappa shape index (κ2) is 6.14. The van der Waals surface area contributed by atoms with E-state index in [-0.39, 0.29) is 23.8 Å². The molecule has 0 radical (unpaired) electrons. The monoisotopic (exact) mass is 355 g/mol. The number of thiophene rings is 1. The number of rotatable bonds is 6. The Morgan fingerprint density at radius 3 is 2.67 bits per heavy atom. The van der Waals surface area contributed by atoms with Crippen LogP contribution in [0.4, 0.5) is 0 Å². The summed E-state index contributed by atoms with van der Waals surface area (Å²) in [6, 6.07) is 1.55. The molecule has 2 N–H and O–H groups in total. The molecule has 1 rings (SSSR count). The van der Waals surface area contributed by atoms with E-state index in [1.54, 1.807) is 19.9 Å². The number of hydrogen-bond acceptors (Lipinski definition) is 4. The van der Waals surface area contributed by atoms with Crippen LogP contribution in [0.2, 0.25) is 0 Å². The number of carboxylic acids is 1. The van der Waals surface area contributed by atoms with E-state index in [0.29, 0.717) is 4.88 Å². The molecule has 5 nitrogen and oxygen atoms in total. The lowest BCUT2D eigenvalue weighted by molar-refractivity contribution is -0.137. The third kappa shape index (κ3) is 4.34. The summed E-state index contributed by atoms with van der Waals surface area (Å²) in [5, 5.41) is 8.60. The van der Waals surface area contributed by atoms with Gasteiger partial charge in [0.25, 0.3) is 0 Å². The highest BCUT2D eigenvalue weighted by Gasteiger charge is 2.20. The van der Waals surface area contributed by atoms with E-state index < -0.39 is 16.0 Å². The zero-order valence-corrected chi connectivity index (χ0v) is 13.2. The Morgan fingerprint density at radius 1 is 1.61 bits per heavy atom. The maximum Gasteiger partial charge on any atom is 0.303 e. The molecule has 0 spiro atoms. The molecule has 1 aromatic rings. The van der Waals surface area contributed by atoms with Crippen LogP contribution in [0, 0.1) is 12.8 Å². The van der Waals surface area contributed by atoms with Gasteiger partial charge < -0.3 is 5.11 Å². The van der Waals surface area contributed by atoms with E-state index >= 15 is 0 Å². The fourth-order valence-electron chi connectivity index (χ4n) is 1.40. The molecule has 0 saturated heterocycles. The molecule has 1 aromatic heterocycles. The van der Waals surface area contributed by atoms with Crippen molar-refractivity contribution in [2.24, 2.45) is 5.92 Å². The van der Waals surface area contributed by atoms with Gasteiger partial charge in [0.15, 0.2) is 0 Å². The van der Waals surface area contributed by atoms with Crippen molar-refractivity contribution in [2.75, 3.05) is 6.54 Å². The zero-order valence-electron chi connectivity index (χ0n) is 9.94. The fourth-order valence-corrected chi connectivity index (χ4v) is 4.97. The number of aliphatic carboxylic acids is 1. The van der Waals surface area contributed by atoms with Crippen LogP contribution in [0.3, 0.4) is 0 Å². The molecule has 18 heavy (non-hydrogen) atoms. The van der Waals surface area contributed by atoms with Crippen LogP contribution in [-0.2, 0) is 14.8 Å². The second-order valence-corrected chi connectivity index (χ2v) is 8.40. The highest BCUT2D eigenvalue weighted by atomic mass is 79.9. The Labute approximate surface area is 118 Å². The van der Waals surface area contributed by atoms with Crippen molar-refractivity contribution in [3.8, 4) is 0 Å². The van der Waals surface area contributed by atoms with Crippen LogP contribution in [0.5, 0.6) is 0 Å². The molecule has 8 heteroatoms. The third-order valence-electron chi connectivity index (χ3n) is 2.28. The van der Waals surface area contributed by atoms with Crippen LogP contribution in [0.25, 0.3) is 0 Å². The standard InChI is InChI=1S/C10H14BrNO4S2/c1-6(3-10(13)14)5-12-18(15,16)8-4-9(11)17-7(8)2/h4,6,12H,3,5H2,1-2H3,(H,13,14). The molecule has 0 aliphatic rings.